The SMILES string of the molecule is CC(C)CC(=O)Nc1cccc(CNC(=O)c2cc3cc(Cl)ccc3[nH]2)c1. The lowest BCUT2D eigenvalue weighted by Gasteiger charge is -2.09. The Morgan fingerprint density at radius 1 is 1.11 bits per heavy atom. The van der Waals surface area contributed by atoms with Gasteiger partial charge in [-0.05, 0) is 47.9 Å². The van der Waals surface area contributed by atoms with E-state index in [4.69, 9.17) is 11.6 Å². The second-order valence-electron chi connectivity index (χ2n) is 6.94. The molecule has 0 aliphatic heterocycles. The Hall–Kier alpha value is -2.79. The molecular formula is C21H22ClN3O2. The van der Waals surface area contributed by atoms with Gasteiger partial charge in [-0.1, -0.05) is 37.6 Å². The molecule has 0 unspecified atom stereocenters. The molecule has 27 heavy (non-hydrogen) atoms. The van der Waals surface area contributed by atoms with Crippen LogP contribution in [-0.2, 0) is 11.3 Å². The van der Waals surface area contributed by atoms with Crippen LogP contribution in [0.5, 0.6) is 0 Å². The number of aromatic nitrogens is 1. The summed E-state index contributed by atoms with van der Waals surface area (Å²) in [5.41, 5.74) is 2.98. The lowest BCUT2D eigenvalue weighted by atomic mass is 10.1. The minimum absolute atomic E-state index is 0.0112. The molecule has 3 N–H and O–H groups in total. The number of aromatic amines is 1. The van der Waals surface area contributed by atoms with E-state index >= 15 is 0 Å². The summed E-state index contributed by atoms with van der Waals surface area (Å²) < 4.78 is 0. The number of hydrogen-bond donors (Lipinski definition) is 3. The molecule has 0 saturated heterocycles. The third-order valence-electron chi connectivity index (χ3n) is 4.08. The Morgan fingerprint density at radius 2 is 1.93 bits per heavy atom. The molecule has 0 radical (unpaired) electrons. The molecule has 0 fully saturated rings. The first-order chi connectivity index (χ1) is 12.9. The number of rotatable bonds is 6. The Morgan fingerprint density at radius 3 is 2.70 bits per heavy atom. The first-order valence-corrected chi connectivity index (χ1v) is 9.24. The van der Waals surface area contributed by atoms with Crippen molar-refractivity contribution in [2.45, 2.75) is 26.8 Å². The predicted octanol–water partition coefficient (Wildman–Crippen LogP) is 4.74. The van der Waals surface area contributed by atoms with Gasteiger partial charge in [-0.15, -0.1) is 0 Å². The molecule has 2 amide bonds. The Labute approximate surface area is 163 Å². The molecule has 3 aromatic rings. The maximum atomic E-state index is 12.4. The van der Waals surface area contributed by atoms with Crippen LogP contribution in [0.2, 0.25) is 5.02 Å². The van der Waals surface area contributed by atoms with E-state index in [9.17, 15) is 9.59 Å². The van der Waals surface area contributed by atoms with E-state index in [1.807, 2.05) is 50.2 Å². The molecule has 0 aliphatic rings. The molecule has 6 heteroatoms. The Kier molecular flexibility index (Phi) is 5.81. The maximum absolute atomic E-state index is 12.4. The maximum Gasteiger partial charge on any atom is 0.267 e. The number of amides is 2. The number of nitrogens with one attached hydrogen (secondary N) is 3. The second kappa shape index (κ2) is 8.27. The van der Waals surface area contributed by atoms with Crippen molar-refractivity contribution in [3.63, 3.8) is 0 Å². The van der Waals surface area contributed by atoms with E-state index in [-0.39, 0.29) is 11.8 Å². The van der Waals surface area contributed by atoms with E-state index in [1.54, 1.807) is 12.1 Å². The van der Waals surface area contributed by atoms with Crippen molar-refractivity contribution in [3.05, 3.63) is 64.8 Å². The molecule has 0 atom stereocenters. The van der Waals surface area contributed by atoms with E-state index < -0.39 is 0 Å². The van der Waals surface area contributed by atoms with Gasteiger partial charge in [0.25, 0.3) is 5.91 Å². The normalized spacial score (nSPS) is 11.0. The third kappa shape index (κ3) is 5.11. The van der Waals surface area contributed by atoms with Gasteiger partial charge in [0.2, 0.25) is 5.91 Å². The van der Waals surface area contributed by atoms with Crippen molar-refractivity contribution in [3.8, 4) is 0 Å². The molecule has 1 aromatic heterocycles. The van der Waals surface area contributed by atoms with Gasteiger partial charge in [-0.2, -0.15) is 0 Å². The molecule has 0 aliphatic carbocycles. The van der Waals surface area contributed by atoms with Crippen molar-refractivity contribution in [2.24, 2.45) is 5.92 Å². The summed E-state index contributed by atoms with van der Waals surface area (Å²) in [5, 5.41) is 7.29. The number of fused-ring (bicyclic) bond motifs is 1. The first kappa shape index (κ1) is 19.0. The third-order valence-corrected chi connectivity index (χ3v) is 4.32. The van der Waals surface area contributed by atoms with Crippen LogP contribution >= 0.6 is 11.6 Å². The number of carbonyl (C=O) groups excluding carboxylic acids is 2. The number of carbonyl (C=O) groups is 2. The van der Waals surface area contributed by atoms with Gasteiger partial charge in [0.1, 0.15) is 5.69 Å². The lowest BCUT2D eigenvalue weighted by Crippen LogP contribution is -2.23. The average Bonchev–Trinajstić information content (AvgIpc) is 3.02. The highest BCUT2D eigenvalue weighted by molar-refractivity contribution is 6.31. The largest absolute Gasteiger partial charge is 0.351 e. The summed E-state index contributed by atoms with van der Waals surface area (Å²) in [7, 11) is 0. The Bertz CT molecular complexity index is 978. The molecule has 3 rings (SSSR count). The number of benzene rings is 2. The Balaban J connectivity index is 1.62. The molecule has 5 nitrogen and oxygen atoms in total. The molecule has 2 aromatic carbocycles. The fraction of sp³-hybridized carbons (Fsp3) is 0.238. The van der Waals surface area contributed by atoms with Crippen molar-refractivity contribution in [1.82, 2.24) is 10.3 Å². The zero-order valence-electron chi connectivity index (χ0n) is 15.3. The lowest BCUT2D eigenvalue weighted by molar-refractivity contribution is -0.116. The minimum Gasteiger partial charge on any atom is -0.351 e. The fourth-order valence-corrected chi connectivity index (χ4v) is 3.03. The summed E-state index contributed by atoms with van der Waals surface area (Å²) in [6.45, 7) is 4.37. The van der Waals surface area contributed by atoms with E-state index in [1.165, 1.54) is 0 Å². The van der Waals surface area contributed by atoms with Crippen LogP contribution in [0.4, 0.5) is 5.69 Å². The molecule has 1 heterocycles. The number of hydrogen-bond acceptors (Lipinski definition) is 2. The fourth-order valence-electron chi connectivity index (χ4n) is 2.85. The van der Waals surface area contributed by atoms with Crippen molar-refractivity contribution >= 4 is 40.0 Å². The summed E-state index contributed by atoms with van der Waals surface area (Å²) in [4.78, 5) is 27.4. The molecule has 140 valence electrons. The topological polar surface area (TPSA) is 74.0 Å². The van der Waals surface area contributed by atoms with Gasteiger partial charge >= 0.3 is 0 Å². The standard InChI is InChI=1S/C21H22ClN3O2/c1-13(2)8-20(26)24-17-5-3-4-14(9-17)12-23-21(27)19-11-15-10-16(22)6-7-18(15)25-19/h3-7,9-11,13,25H,8,12H2,1-2H3,(H,23,27)(H,24,26). The van der Waals surface area contributed by atoms with Crippen LogP contribution in [0, 0.1) is 5.92 Å². The first-order valence-electron chi connectivity index (χ1n) is 8.86. The van der Waals surface area contributed by atoms with E-state index in [0.717, 1.165) is 22.2 Å². The minimum atomic E-state index is -0.198. The van der Waals surface area contributed by atoms with Crippen LogP contribution in [0.15, 0.2) is 48.5 Å². The summed E-state index contributed by atoms with van der Waals surface area (Å²) in [6.07, 6.45) is 0.478. The average molecular weight is 384 g/mol. The predicted molar refractivity (Wildman–Crippen MR) is 109 cm³/mol. The van der Waals surface area contributed by atoms with E-state index in [2.05, 4.69) is 15.6 Å². The van der Waals surface area contributed by atoms with Crippen LogP contribution in [0.3, 0.4) is 0 Å². The number of H-pyrrole nitrogens is 1. The van der Waals surface area contributed by atoms with Gasteiger partial charge in [0.15, 0.2) is 0 Å². The molecule has 0 bridgehead atoms. The van der Waals surface area contributed by atoms with Gasteiger partial charge in [-0.3, -0.25) is 9.59 Å². The highest BCUT2D eigenvalue weighted by Crippen LogP contribution is 2.20. The molecular weight excluding hydrogens is 362 g/mol. The monoisotopic (exact) mass is 383 g/mol. The van der Waals surface area contributed by atoms with Gasteiger partial charge in [0.05, 0.1) is 0 Å². The van der Waals surface area contributed by atoms with Crippen molar-refractivity contribution < 1.29 is 9.59 Å². The van der Waals surface area contributed by atoms with Gasteiger partial charge in [0, 0.05) is 34.6 Å². The van der Waals surface area contributed by atoms with Gasteiger partial charge < -0.3 is 15.6 Å². The summed E-state index contributed by atoms with van der Waals surface area (Å²) in [5.74, 6) is 0.0955. The summed E-state index contributed by atoms with van der Waals surface area (Å²) in [6, 6.07) is 14.7. The van der Waals surface area contributed by atoms with Crippen molar-refractivity contribution in [2.75, 3.05) is 5.32 Å². The van der Waals surface area contributed by atoms with Gasteiger partial charge in [-0.25, -0.2) is 0 Å². The number of anilines is 1. The molecule has 0 saturated carbocycles. The van der Waals surface area contributed by atoms with Crippen LogP contribution < -0.4 is 10.6 Å². The summed E-state index contributed by atoms with van der Waals surface area (Å²) >= 11 is 5.98. The van der Waals surface area contributed by atoms with Crippen LogP contribution in [0.1, 0.15) is 36.3 Å². The van der Waals surface area contributed by atoms with E-state index in [0.29, 0.717) is 29.6 Å². The quantitative estimate of drug-likeness (QED) is 0.575. The zero-order chi connectivity index (χ0) is 19.4. The highest BCUT2D eigenvalue weighted by Gasteiger charge is 2.10. The smallest absolute Gasteiger partial charge is 0.267 e. The molecule has 0 spiro atoms. The zero-order valence-corrected chi connectivity index (χ0v) is 16.1. The number of halogens is 1. The van der Waals surface area contributed by atoms with Crippen LogP contribution in [-0.4, -0.2) is 16.8 Å². The van der Waals surface area contributed by atoms with Crippen molar-refractivity contribution in [1.29, 1.82) is 0 Å². The second-order valence-corrected chi connectivity index (χ2v) is 7.38. The van der Waals surface area contributed by atoms with Crippen LogP contribution in [0.25, 0.3) is 10.9 Å². The highest BCUT2D eigenvalue weighted by atomic mass is 35.5.